The molecule has 3 aliphatic heterocycles. The molecule has 0 bridgehead atoms. The summed E-state index contributed by atoms with van der Waals surface area (Å²) in [5.74, 6) is -1.75. The maximum Gasteiger partial charge on any atom is 0.333 e. The second-order valence-corrected chi connectivity index (χ2v) is 15.7. The molecule has 0 spiro atoms. The molecular formula is C39H48N3O7S+. The van der Waals surface area contributed by atoms with E-state index in [4.69, 9.17) is 4.84 Å². The molecule has 0 aromatic heterocycles. The lowest BCUT2D eigenvalue weighted by Gasteiger charge is -2.27. The maximum atomic E-state index is 12.2. The van der Waals surface area contributed by atoms with E-state index >= 15 is 0 Å². The lowest BCUT2D eigenvalue weighted by Crippen LogP contribution is -2.31. The zero-order valence-corrected chi connectivity index (χ0v) is 30.2. The van der Waals surface area contributed by atoms with Crippen LogP contribution < -0.4 is 4.90 Å². The fraction of sp³-hybridized carbons (Fsp3) is 0.436. The minimum absolute atomic E-state index is 0.0795. The second kappa shape index (κ2) is 15.3. The Hall–Kier alpha value is -4.35. The first-order valence-electron chi connectivity index (χ1n) is 17.4. The van der Waals surface area contributed by atoms with Crippen molar-refractivity contribution in [1.82, 2.24) is 5.06 Å². The summed E-state index contributed by atoms with van der Waals surface area (Å²) in [6, 6.07) is 16.7. The average molecular weight is 703 g/mol. The summed E-state index contributed by atoms with van der Waals surface area (Å²) in [6.45, 7) is 10.3. The normalized spacial score (nSPS) is 19.0. The van der Waals surface area contributed by atoms with Crippen LogP contribution in [0.4, 0.5) is 11.4 Å². The monoisotopic (exact) mass is 702 g/mol. The second-order valence-electron chi connectivity index (χ2n) is 14.1. The molecule has 50 heavy (non-hydrogen) atoms. The summed E-state index contributed by atoms with van der Waals surface area (Å²) in [6.07, 6.45) is 14.0. The van der Waals surface area contributed by atoms with Crippen LogP contribution in [0.3, 0.4) is 0 Å². The van der Waals surface area contributed by atoms with Gasteiger partial charge in [-0.2, -0.15) is 13.0 Å². The maximum absolute atomic E-state index is 12.2. The smallest absolute Gasteiger partial charge is 0.333 e. The molecule has 1 fully saturated rings. The van der Waals surface area contributed by atoms with Gasteiger partial charge in [0.2, 0.25) is 5.69 Å². The van der Waals surface area contributed by atoms with Gasteiger partial charge in [-0.05, 0) is 57.2 Å². The van der Waals surface area contributed by atoms with Gasteiger partial charge in [-0.15, -0.1) is 5.06 Å². The molecule has 0 saturated carbocycles. The number of carbonyl (C=O) groups excluding carboxylic acids is 3. The van der Waals surface area contributed by atoms with Crippen molar-refractivity contribution in [2.45, 2.75) is 89.9 Å². The van der Waals surface area contributed by atoms with Crippen molar-refractivity contribution in [3.8, 4) is 0 Å². The van der Waals surface area contributed by atoms with Gasteiger partial charge in [-0.25, -0.2) is 4.79 Å². The number of allylic oxidation sites excluding steroid dienone is 6. The standard InChI is InChI=1S/C39H47N3O7S/c1-38(2)29-17-10-12-19-31(29)40(26-14-6-9-23-37(45)49-42-35(43)24-25-36(42)44)33(38)21-7-5-8-22-34-39(3,4)30-18-11-13-20-32(30)41(34)27-15-16-28-50(46,47)48/h5,7-8,10-13,17-22H,6,9,14-16,23-28H2,1-4H3/p+1. The Labute approximate surface area is 295 Å². The molecule has 0 unspecified atom stereocenters. The molecule has 5 rings (SSSR count). The van der Waals surface area contributed by atoms with E-state index in [0.29, 0.717) is 30.9 Å². The Morgan fingerprint density at radius 2 is 1.54 bits per heavy atom. The Morgan fingerprint density at radius 1 is 0.860 bits per heavy atom. The van der Waals surface area contributed by atoms with Crippen LogP contribution in [-0.4, -0.2) is 64.9 Å². The highest BCUT2D eigenvalue weighted by atomic mass is 32.2. The van der Waals surface area contributed by atoms with Gasteiger partial charge in [0.25, 0.3) is 21.9 Å². The summed E-state index contributed by atoms with van der Waals surface area (Å²) < 4.78 is 34.0. The van der Waals surface area contributed by atoms with E-state index in [-0.39, 0.29) is 35.8 Å². The highest BCUT2D eigenvalue weighted by molar-refractivity contribution is 7.85. The summed E-state index contributed by atoms with van der Waals surface area (Å²) in [5.41, 5.74) is 6.60. The first-order valence-corrected chi connectivity index (χ1v) is 19.0. The molecular weight excluding hydrogens is 655 g/mol. The van der Waals surface area contributed by atoms with Gasteiger partial charge in [-0.1, -0.05) is 68.5 Å². The lowest BCUT2D eigenvalue weighted by atomic mass is 9.81. The number of rotatable bonds is 15. The number of hydrogen-bond acceptors (Lipinski definition) is 7. The van der Waals surface area contributed by atoms with Gasteiger partial charge < -0.3 is 9.74 Å². The fourth-order valence-corrected chi connectivity index (χ4v) is 7.77. The first kappa shape index (κ1) is 36.9. The lowest BCUT2D eigenvalue weighted by molar-refractivity contribution is -0.438. The molecule has 0 atom stereocenters. The van der Waals surface area contributed by atoms with E-state index in [0.717, 1.165) is 30.8 Å². The number of carbonyl (C=O) groups is 3. The van der Waals surface area contributed by atoms with Gasteiger partial charge >= 0.3 is 5.97 Å². The number of benzene rings is 2. The van der Waals surface area contributed by atoms with Crippen LogP contribution in [0.25, 0.3) is 0 Å². The largest absolute Gasteiger partial charge is 0.344 e. The van der Waals surface area contributed by atoms with E-state index in [1.807, 2.05) is 30.4 Å². The molecule has 2 aromatic rings. The molecule has 2 amide bonds. The van der Waals surface area contributed by atoms with Crippen molar-refractivity contribution >= 4 is 45.0 Å². The highest BCUT2D eigenvalue weighted by Gasteiger charge is 2.44. The zero-order valence-electron chi connectivity index (χ0n) is 29.4. The van der Waals surface area contributed by atoms with Crippen molar-refractivity contribution < 1.29 is 36.8 Å². The van der Waals surface area contributed by atoms with Crippen molar-refractivity contribution in [3.63, 3.8) is 0 Å². The molecule has 11 heteroatoms. The fourth-order valence-electron chi connectivity index (χ4n) is 7.20. The highest BCUT2D eigenvalue weighted by Crippen LogP contribution is 2.47. The Morgan fingerprint density at radius 3 is 2.26 bits per heavy atom. The van der Waals surface area contributed by atoms with Crippen LogP contribution in [0.1, 0.15) is 90.2 Å². The van der Waals surface area contributed by atoms with Crippen molar-refractivity contribution in [2.24, 2.45) is 0 Å². The van der Waals surface area contributed by atoms with Crippen LogP contribution in [-0.2, 0) is 40.2 Å². The van der Waals surface area contributed by atoms with Crippen LogP contribution >= 0.6 is 0 Å². The molecule has 3 heterocycles. The van der Waals surface area contributed by atoms with Gasteiger partial charge in [-0.3, -0.25) is 14.1 Å². The van der Waals surface area contributed by atoms with Gasteiger partial charge in [0, 0.05) is 66.7 Å². The zero-order chi connectivity index (χ0) is 36.1. The van der Waals surface area contributed by atoms with Crippen molar-refractivity contribution in [2.75, 3.05) is 23.7 Å². The predicted molar refractivity (Wildman–Crippen MR) is 194 cm³/mol. The number of hydrogen-bond donors (Lipinski definition) is 1. The minimum atomic E-state index is -3.99. The number of unbranched alkanes of at least 4 members (excludes halogenated alkanes) is 3. The molecule has 1 N–H and O–H groups in total. The SMILES string of the molecule is CC1(C)C(/C=C/C=C/C=C2/N(CCCCS(=O)(=O)O)c3ccccc3C2(C)C)=[N+](CCCCCC(=O)ON2C(=O)CCC2=O)c2ccccc21. The first-order chi connectivity index (χ1) is 23.7. The van der Waals surface area contributed by atoms with E-state index in [1.165, 1.54) is 22.5 Å². The molecule has 266 valence electrons. The van der Waals surface area contributed by atoms with Gasteiger partial charge in [0.15, 0.2) is 5.71 Å². The third kappa shape index (κ3) is 8.16. The molecule has 0 aliphatic carbocycles. The summed E-state index contributed by atoms with van der Waals surface area (Å²) in [7, 11) is -3.99. The quantitative estimate of drug-likeness (QED) is 0.0716. The number of hydroxylamine groups is 2. The molecule has 2 aromatic carbocycles. The summed E-state index contributed by atoms with van der Waals surface area (Å²) in [4.78, 5) is 43.0. The van der Waals surface area contributed by atoms with Crippen LogP contribution in [0.15, 0.2) is 84.6 Å². The Kier molecular flexibility index (Phi) is 11.3. The van der Waals surface area contributed by atoms with E-state index < -0.39 is 27.9 Å². The third-order valence-electron chi connectivity index (χ3n) is 9.82. The number of fused-ring (bicyclic) bond motifs is 2. The van der Waals surface area contributed by atoms with Crippen LogP contribution in [0.2, 0.25) is 0 Å². The summed E-state index contributed by atoms with van der Waals surface area (Å²) in [5, 5.41) is 0.602. The van der Waals surface area contributed by atoms with Crippen molar-refractivity contribution in [3.05, 3.63) is 95.7 Å². The summed E-state index contributed by atoms with van der Waals surface area (Å²) >= 11 is 0. The minimum Gasteiger partial charge on any atom is -0.344 e. The average Bonchev–Trinajstić information content (AvgIpc) is 3.58. The molecule has 0 radical (unpaired) electrons. The Balaban J connectivity index is 1.26. The molecule has 3 aliphatic rings. The number of anilines is 1. The van der Waals surface area contributed by atoms with Gasteiger partial charge in [0.1, 0.15) is 6.54 Å². The van der Waals surface area contributed by atoms with Crippen molar-refractivity contribution in [1.29, 1.82) is 0 Å². The topological polar surface area (TPSA) is 124 Å². The number of nitrogens with zero attached hydrogens (tertiary/aromatic N) is 3. The number of imide groups is 1. The van der Waals surface area contributed by atoms with E-state index in [1.54, 1.807) is 0 Å². The predicted octanol–water partition coefficient (Wildman–Crippen LogP) is 6.69. The van der Waals surface area contributed by atoms with Crippen LogP contribution in [0, 0.1) is 0 Å². The number of para-hydroxylation sites is 2. The molecule has 1 saturated heterocycles. The Bertz CT molecular complexity index is 1850. The van der Waals surface area contributed by atoms with E-state index in [2.05, 4.69) is 85.7 Å². The third-order valence-corrected chi connectivity index (χ3v) is 10.6. The van der Waals surface area contributed by atoms with E-state index in [9.17, 15) is 27.4 Å². The van der Waals surface area contributed by atoms with Crippen LogP contribution in [0.5, 0.6) is 0 Å². The molecule has 10 nitrogen and oxygen atoms in total. The number of amides is 2. The van der Waals surface area contributed by atoms with Gasteiger partial charge in [0.05, 0.1) is 11.2 Å².